The van der Waals surface area contributed by atoms with Gasteiger partial charge >= 0.3 is 0 Å². The van der Waals surface area contributed by atoms with Gasteiger partial charge < -0.3 is 10.5 Å². The van der Waals surface area contributed by atoms with Crippen LogP contribution in [0.3, 0.4) is 0 Å². The molecule has 1 fully saturated rings. The predicted octanol–water partition coefficient (Wildman–Crippen LogP) is 4.21. The van der Waals surface area contributed by atoms with Gasteiger partial charge in [0.15, 0.2) is 0 Å². The van der Waals surface area contributed by atoms with Crippen LogP contribution in [0.5, 0.6) is 11.5 Å². The van der Waals surface area contributed by atoms with E-state index in [1.807, 2.05) is 42.5 Å². The van der Waals surface area contributed by atoms with Crippen molar-refractivity contribution in [3.8, 4) is 11.5 Å². The molecule has 1 aliphatic carbocycles. The smallest absolute Gasteiger partial charge is 0.127 e. The van der Waals surface area contributed by atoms with E-state index in [9.17, 15) is 0 Å². The third kappa shape index (κ3) is 2.64. The van der Waals surface area contributed by atoms with Crippen LogP contribution in [0.4, 0.5) is 0 Å². The lowest BCUT2D eigenvalue weighted by Gasteiger charge is -2.24. The van der Waals surface area contributed by atoms with E-state index in [4.69, 9.17) is 10.5 Å². The first kappa shape index (κ1) is 12.2. The van der Waals surface area contributed by atoms with E-state index in [1.54, 1.807) is 0 Å². The standard InChI is InChI=1S/C17H19NO/c18-17(12-4-5-13-17)14-8-10-16(11-9-14)19-15-6-2-1-3-7-15/h1-3,6-11H,4-5,12-13,18H2. The highest BCUT2D eigenvalue weighted by atomic mass is 16.5. The summed E-state index contributed by atoms with van der Waals surface area (Å²) in [7, 11) is 0. The normalized spacial score (nSPS) is 17.3. The van der Waals surface area contributed by atoms with Crippen LogP contribution in [0.2, 0.25) is 0 Å². The summed E-state index contributed by atoms with van der Waals surface area (Å²) in [6.45, 7) is 0. The summed E-state index contributed by atoms with van der Waals surface area (Å²) in [6, 6.07) is 18.0. The van der Waals surface area contributed by atoms with E-state index in [0.29, 0.717) is 0 Å². The molecule has 0 unspecified atom stereocenters. The molecule has 0 aromatic heterocycles. The maximum atomic E-state index is 6.44. The lowest BCUT2D eigenvalue weighted by atomic mass is 9.89. The first-order valence-electron chi connectivity index (χ1n) is 6.89. The number of rotatable bonds is 3. The van der Waals surface area contributed by atoms with Crippen molar-refractivity contribution in [1.82, 2.24) is 0 Å². The molecule has 2 aromatic rings. The number of benzene rings is 2. The zero-order chi connectivity index (χ0) is 13.1. The first-order valence-corrected chi connectivity index (χ1v) is 6.89. The van der Waals surface area contributed by atoms with E-state index in [-0.39, 0.29) is 5.54 Å². The Balaban J connectivity index is 1.76. The van der Waals surface area contributed by atoms with Crippen LogP contribution in [0, 0.1) is 0 Å². The van der Waals surface area contributed by atoms with Crippen molar-refractivity contribution in [3.05, 3.63) is 60.2 Å². The quantitative estimate of drug-likeness (QED) is 0.889. The van der Waals surface area contributed by atoms with Gasteiger partial charge in [-0.3, -0.25) is 0 Å². The second-order valence-electron chi connectivity index (χ2n) is 5.30. The lowest BCUT2D eigenvalue weighted by molar-refractivity contribution is 0.457. The van der Waals surface area contributed by atoms with E-state index in [2.05, 4.69) is 12.1 Å². The van der Waals surface area contributed by atoms with Gasteiger partial charge in [0.1, 0.15) is 11.5 Å². The average molecular weight is 253 g/mol. The molecule has 2 aromatic carbocycles. The van der Waals surface area contributed by atoms with E-state index in [0.717, 1.165) is 24.3 Å². The molecule has 0 atom stereocenters. The third-order valence-corrected chi connectivity index (χ3v) is 3.90. The Hall–Kier alpha value is -1.80. The SMILES string of the molecule is NC1(c2ccc(Oc3ccccc3)cc2)CCCC1. The van der Waals surface area contributed by atoms with Crippen LogP contribution in [-0.4, -0.2) is 0 Å². The Bertz CT molecular complexity index is 527. The average Bonchev–Trinajstić information content (AvgIpc) is 2.89. The summed E-state index contributed by atoms with van der Waals surface area (Å²) in [4.78, 5) is 0. The number of ether oxygens (including phenoxy) is 1. The van der Waals surface area contributed by atoms with Crippen molar-refractivity contribution in [1.29, 1.82) is 0 Å². The number of nitrogens with two attached hydrogens (primary N) is 1. The molecule has 0 spiro atoms. The van der Waals surface area contributed by atoms with E-state index in [1.165, 1.54) is 18.4 Å². The van der Waals surface area contributed by atoms with Crippen molar-refractivity contribution in [2.75, 3.05) is 0 Å². The molecular formula is C17H19NO. The molecule has 3 rings (SSSR count). The Morgan fingerprint density at radius 2 is 1.37 bits per heavy atom. The van der Waals surface area contributed by atoms with Gasteiger partial charge in [-0.1, -0.05) is 43.2 Å². The van der Waals surface area contributed by atoms with Gasteiger partial charge in [-0.2, -0.15) is 0 Å². The van der Waals surface area contributed by atoms with Crippen LogP contribution in [0.1, 0.15) is 31.2 Å². The number of hydrogen-bond acceptors (Lipinski definition) is 2. The van der Waals surface area contributed by atoms with Gasteiger partial charge in [0, 0.05) is 5.54 Å². The minimum Gasteiger partial charge on any atom is -0.457 e. The minimum absolute atomic E-state index is 0.120. The van der Waals surface area contributed by atoms with Crippen LogP contribution >= 0.6 is 0 Å². The molecule has 0 bridgehead atoms. The summed E-state index contributed by atoms with van der Waals surface area (Å²) in [5, 5.41) is 0. The van der Waals surface area contributed by atoms with Gasteiger partial charge in [0.05, 0.1) is 0 Å². The molecule has 2 nitrogen and oxygen atoms in total. The van der Waals surface area contributed by atoms with Crippen molar-refractivity contribution < 1.29 is 4.74 Å². The molecule has 0 aliphatic heterocycles. The fourth-order valence-electron chi connectivity index (χ4n) is 2.77. The molecule has 98 valence electrons. The minimum atomic E-state index is -0.120. The molecular weight excluding hydrogens is 234 g/mol. The van der Waals surface area contributed by atoms with Crippen molar-refractivity contribution in [2.45, 2.75) is 31.2 Å². The summed E-state index contributed by atoms with van der Waals surface area (Å²) in [5.41, 5.74) is 7.55. The Labute approximate surface area is 114 Å². The topological polar surface area (TPSA) is 35.2 Å². The molecule has 0 saturated heterocycles. The van der Waals surface area contributed by atoms with Crippen LogP contribution in [0.25, 0.3) is 0 Å². The van der Waals surface area contributed by atoms with Crippen molar-refractivity contribution >= 4 is 0 Å². The zero-order valence-corrected chi connectivity index (χ0v) is 11.0. The summed E-state index contributed by atoms with van der Waals surface area (Å²) in [6.07, 6.45) is 4.65. The second-order valence-corrected chi connectivity index (χ2v) is 5.30. The van der Waals surface area contributed by atoms with Crippen molar-refractivity contribution in [3.63, 3.8) is 0 Å². The van der Waals surface area contributed by atoms with Gasteiger partial charge in [0.2, 0.25) is 0 Å². The Morgan fingerprint density at radius 1 is 0.789 bits per heavy atom. The van der Waals surface area contributed by atoms with E-state index < -0.39 is 0 Å². The first-order chi connectivity index (χ1) is 9.26. The summed E-state index contributed by atoms with van der Waals surface area (Å²) in [5.74, 6) is 1.72. The Morgan fingerprint density at radius 3 is 2.00 bits per heavy atom. The zero-order valence-electron chi connectivity index (χ0n) is 11.0. The Kier molecular flexibility index (Phi) is 3.26. The van der Waals surface area contributed by atoms with Gasteiger partial charge in [-0.05, 0) is 42.7 Å². The molecule has 2 heteroatoms. The van der Waals surface area contributed by atoms with Crippen LogP contribution in [-0.2, 0) is 5.54 Å². The lowest BCUT2D eigenvalue weighted by Crippen LogP contribution is -2.32. The third-order valence-electron chi connectivity index (χ3n) is 3.90. The fourth-order valence-corrected chi connectivity index (χ4v) is 2.77. The molecule has 0 heterocycles. The largest absolute Gasteiger partial charge is 0.457 e. The highest BCUT2D eigenvalue weighted by molar-refractivity contribution is 5.35. The maximum absolute atomic E-state index is 6.44. The van der Waals surface area contributed by atoms with Crippen molar-refractivity contribution in [2.24, 2.45) is 5.73 Å². The van der Waals surface area contributed by atoms with Gasteiger partial charge in [-0.25, -0.2) is 0 Å². The predicted molar refractivity (Wildman–Crippen MR) is 77.3 cm³/mol. The molecule has 1 aliphatic rings. The summed E-state index contributed by atoms with van der Waals surface area (Å²) < 4.78 is 5.79. The van der Waals surface area contributed by atoms with E-state index >= 15 is 0 Å². The second kappa shape index (κ2) is 5.06. The number of hydrogen-bond donors (Lipinski definition) is 1. The molecule has 19 heavy (non-hydrogen) atoms. The van der Waals surface area contributed by atoms with Gasteiger partial charge in [0.25, 0.3) is 0 Å². The molecule has 0 amide bonds. The maximum Gasteiger partial charge on any atom is 0.127 e. The van der Waals surface area contributed by atoms with Crippen LogP contribution < -0.4 is 10.5 Å². The summed E-state index contributed by atoms with van der Waals surface area (Å²) >= 11 is 0. The monoisotopic (exact) mass is 253 g/mol. The fraction of sp³-hybridized carbons (Fsp3) is 0.294. The molecule has 2 N–H and O–H groups in total. The number of para-hydroxylation sites is 1. The van der Waals surface area contributed by atoms with Gasteiger partial charge in [-0.15, -0.1) is 0 Å². The molecule has 1 saturated carbocycles. The highest BCUT2D eigenvalue weighted by Crippen LogP contribution is 2.37. The highest BCUT2D eigenvalue weighted by Gasteiger charge is 2.30. The van der Waals surface area contributed by atoms with Crippen LogP contribution in [0.15, 0.2) is 54.6 Å². The molecule has 0 radical (unpaired) electrons.